The predicted octanol–water partition coefficient (Wildman–Crippen LogP) is 24.7. The highest BCUT2D eigenvalue weighted by molar-refractivity contribution is 7.47. The van der Waals surface area contributed by atoms with Gasteiger partial charge in [-0.2, -0.15) is 0 Å². The molecule has 0 heterocycles. The van der Waals surface area contributed by atoms with Crippen LogP contribution in [0.2, 0.25) is 0 Å². The van der Waals surface area contributed by atoms with Crippen molar-refractivity contribution in [1.29, 1.82) is 0 Å². The average Bonchev–Trinajstić information content (AvgIpc) is 0.932. The van der Waals surface area contributed by atoms with E-state index in [1.807, 2.05) is 0 Å². The molecule has 0 aromatic heterocycles. The molecule has 0 aromatic rings. The molecule has 0 radical (unpaired) electrons. The summed E-state index contributed by atoms with van der Waals surface area (Å²) in [6.45, 7) is 9.57. The van der Waals surface area contributed by atoms with E-state index in [1.54, 1.807) is 0 Å². The second-order valence-corrected chi connectivity index (χ2v) is 33.4. The van der Waals surface area contributed by atoms with Crippen LogP contribution < -0.4 is 0 Å². The minimum absolute atomic E-state index is 0.106. The highest BCUT2D eigenvalue weighted by atomic mass is 31.2. The molecule has 0 saturated heterocycles. The number of carbonyl (C=O) groups is 4. The Morgan fingerprint density at radius 1 is 0.267 bits per heavy atom. The summed E-state index contributed by atoms with van der Waals surface area (Å²) in [6.07, 6.45) is 64.1. The van der Waals surface area contributed by atoms with Crippen LogP contribution in [0.3, 0.4) is 0 Å². The average molecular weight is 1480 g/mol. The number of rotatable bonds is 81. The second kappa shape index (κ2) is 73.6. The van der Waals surface area contributed by atoms with Crippen LogP contribution in [0.25, 0.3) is 0 Å². The SMILES string of the molecule is CCCCCCCCCCCCCCCCCCCCCCCC(=O)O[C@H](COC(=O)CCCCCCCCCCCCCCCCCC)COP(=O)(O)OC[C@@H](O)COP(=O)(O)OC[C@@H](COC(=O)CCCCCCCCC(C)C)OC(=O)CCCCCCCCCCCCCCC(C)C. The van der Waals surface area contributed by atoms with Crippen LogP contribution in [0, 0.1) is 11.8 Å². The van der Waals surface area contributed by atoms with Gasteiger partial charge in [-0.05, 0) is 37.5 Å². The van der Waals surface area contributed by atoms with Crippen molar-refractivity contribution in [2.45, 2.75) is 452 Å². The molecule has 101 heavy (non-hydrogen) atoms. The van der Waals surface area contributed by atoms with E-state index in [1.165, 1.54) is 244 Å². The van der Waals surface area contributed by atoms with E-state index in [0.717, 1.165) is 102 Å². The molecule has 0 spiro atoms. The van der Waals surface area contributed by atoms with Crippen molar-refractivity contribution in [3.8, 4) is 0 Å². The van der Waals surface area contributed by atoms with Crippen LogP contribution >= 0.6 is 15.6 Å². The predicted molar refractivity (Wildman–Crippen MR) is 414 cm³/mol. The number of hydrogen-bond acceptors (Lipinski definition) is 15. The first kappa shape index (κ1) is 99.1. The molecule has 600 valence electrons. The van der Waals surface area contributed by atoms with E-state index < -0.39 is 97.5 Å². The molecular formula is C82H160O17P2. The van der Waals surface area contributed by atoms with Crippen molar-refractivity contribution in [3.63, 3.8) is 0 Å². The van der Waals surface area contributed by atoms with E-state index in [4.69, 9.17) is 37.0 Å². The number of hydrogen-bond donors (Lipinski definition) is 3. The lowest BCUT2D eigenvalue weighted by atomic mass is 10.0. The molecule has 5 atom stereocenters. The maximum Gasteiger partial charge on any atom is 0.472 e. The van der Waals surface area contributed by atoms with Crippen LogP contribution in [0.5, 0.6) is 0 Å². The summed E-state index contributed by atoms with van der Waals surface area (Å²) in [5, 5.41) is 10.6. The maximum absolute atomic E-state index is 13.1. The number of esters is 4. The van der Waals surface area contributed by atoms with Gasteiger partial charge in [0, 0.05) is 25.7 Å². The first-order valence-corrected chi connectivity index (χ1v) is 45.5. The fourth-order valence-corrected chi connectivity index (χ4v) is 14.3. The Labute approximate surface area is 619 Å². The largest absolute Gasteiger partial charge is 0.472 e. The Balaban J connectivity index is 5.21. The number of aliphatic hydroxyl groups is 1. The molecular weight excluding hydrogens is 1320 g/mol. The van der Waals surface area contributed by atoms with Crippen molar-refractivity contribution < 1.29 is 80.2 Å². The van der Waals surface area contributed by atoms with E-state index in [9.17, 15) is 43.2 Å². The van der Waals surface area contributed by atoms with Gasteiger partial charge in [0.15, 0.2) is 12.2 Å². The number of ether oxygens (including phenoxy) is 4. The number of aliphatic hydroxyl groups excluding tert-OH is 1. The lowest BCUT2D eigenvalue weighted by Crippen LogP contribution is -2.30. The molecule has 0 aromatic carbocycles. The Hall–Kier alpha value is -1.94. The topological polar surface area (TPSA) is 237 Å². The Bertz CT molecular complexity index is 1940. The van der Waals surface area contributed by atoms with Gasteiger partial charge in [0.2, 0.25) is 0 Å². The van der Waals surface area contributed by atoms with Crippen molar-refractivity contribution in [3.05, 3.63) is 0 Å². The summed E-state index contributed by atoms with van der Waals surface area (Å²) in [6, 6.07) is 0. The Morgan fingerprint density at radius 3 is 0.673 bits per heavy atom. The first-order chi connectivity index (χ1) is 48.9. The minimum Gasteiger partial charge on any atom is -0.462 e. The van der Waals surface area contributed by atoms with Gasteiger partial charge in [-0.15, -0.1) is 0 Å². The quantitative estimate of drug-likeness (QED) is 0.0222. The lowest BCUT2D eigenvalue weighted by molar-refractivity contribution is -0.161. The summed E-state index contributed by atoms with van der Waals surface area (Å²) >= 11 is 0. The van der Waals surface area contributed by atoms with Gasteiger partial charge in [0.1, 0.15) is 19.3 Å². The van der Waals surface area contributed by atoms with Gasteiger partial charge in [-0.1, -0.05) is 382 Å². The molecule has 0 saturated carbocycles. The molecule has 0 amide bonds. The summed E-state index contributed by atoms with van der Waals surface area (Å²) in [4.78, 5) is 73.0. The van der Waals surface area contributed by atoms with Crippen molar-refractivity contribution >= 4 is 39.5 Å². The van der Waals surface area contributed by atoms with E-state index in [-0.39, 0.29) is 25.7 Å². The van der Waals surface area contributed by atoms with E-state index in [2.05, 4.69) is 41.5 Å². The Kier molecular flexibility index (Phi) is 72.2. The molecule has 0 bridgehead atoms. The number of phosphoric ester groups is 2. The van der Waals surface area contributed by atoms with Gasteiger partial charge in [-0.25, -0.2) is 9.13 Å². The van der Waals surface area contributed by atoms with Crippen LogP contribution in [0.15, 0.2) is 0 Å². The fourth-order valence-electron chi connectivity index (χ4n) is 12.7. The highest BCUT2D eigenvalue weighted by Crippen LogP contribution is 2.45. The van der Waals surface area contributed by atoms with Crippen molar-refractivity contribution in [2.75, 3.05) is 39.6 Å². The van der Waals surface area contributed by atoms with E-state index in [0.29, 0.717) is 31.6 Å². The smallest absolute Gasteiger partial charge is 0.462 e. The van der Waals surface area contributed by atoms with Gasteiger partial charge in [-0.3, -0.25) is 37.3 Å². The molecule has 17 nitrogen and oxygen atoms in total. The zero-order valence-corrected chi connectivity index (χ0v) is 68.0. The third kappa shape index (κ3) is 76.1. The normalized spacial score (nSPS) is 13.9. The van der Waals surface area contributed by atoms with Crippen molar-refractivity contribution in [2.24, 2.45) is 11.8 Å². The molecule has 0 aliphatic carbocycles. The molecule has 19 heteroatoms. The molecule has 0 fully saturated rings. The summed E-state index contributed by atoms with van der Waals surface area (Å²) < 4.78 is 68.7. The summed E-state index contributed by atoms with van der Waals surface area (Å²) in [5.74, 6) is -0.654. The van der Waals surface area contributed by atoms with Crippen LogP contribution in [-0.2, 0) is 65.4 Å². The Morgan fingerprint density at radius 2 is 0.455 bits per heavy atom. The highest BCUT2D eigenvalue weighted by Gasteiger charge is 2.30. The zero-order valence-electron chi connectivity index (χ0n) is 66.2. The number of phosphoric acid groups is 2. The molecule has 0 aliphatic heterocycles. The van der Waals surface area contributed by atoms with E-state index >= 15 is 0 Å². The standard InChI is InChI=1S/C82H160O17P2/c1-7-9-11-13-15-17-19-21-23-25-26-27-28-29-31-33-38-42-46-54-60-66-81(86)98-77(70-92-79(84)64-58-52-45-41-37-32-30-24-22-20-18-16-14-12-10-8-2)72-96-100(88,89)94-68-76(83)69-95-101(90,91)97-73-78(71-93-80(85)65-59-53-49-48-51-57-63-75(5)6)99-82(87)67-61-55-47-43-39-35-34-36-40-44-50-56-62-74(3)4/h74-78,83H,7-73H2,1-6H3,(H,88,89)(H,90,91)/t76-,77-,78-/m1/s1. The summed E-state index contributed by atoms with van der Waals surface area (Å²) in [5.41, 5.74) is 0. The van der Waals surface area contributed by atoms with Gasteiger partial charge in [0.05, 0.1) is 26.4 Å². The van der Waals surface area contributed by atoms with Crippen molar-refractivity contribution in [1.82, 2.24) is 0 Å². The third-order valence-corrected chi connectivity index (χ3v) is 21.1. The van der Waals surface area contributed by atoms with Gasteiger partial charge >= 0.3 is 39.5 Å². The fraction of sp³-hybridized carbons (Fsp3) is 0.951. The van der Waals surface area contributed by atoms with Crippen LogP contribution in [0.1, 0.15) is 433 Å². The molecule has 0 aliphatic rings. The molecule has 2 unspecified atom stereocenters. The third-order valence-electron chi connectivity index (χ3n) is 19.2. The summed E-state index contributed by atoms with van der Waals surface area (Å²) in [7, 11) is -9.92. The first-order valence-electron chi connectivity index (χ1n) is 42.5. The van der Waals surface area contributed by atoms with Gasteiger partial charge in [0.25, 0.3) is 0 Å². The number of unbranched alkanes of at least 4 members (excludes halogenated alkanes) is 51. The zero-order chi connectivity index (χ0) is 74.2. The monoisotopic (exact) mass is 1480 g/mol. The van der Waals surface area contributed by atoms with Gasteiger partial charge < -0.3 is 33.8 Å². The lowest BCUT2D eigenvalue weighted by Gasteiger charge is -2.21. The maximum atomic E-state index is 13.1. The molecule has 0 rings (SSSR count). The minimum atomic E-state index is -4.96. The second-order valence-electron chi connectivity index (χ2n) is 30.5. The van der Waals surface area contributed by atoms with Crippen LogP contribution in [0.4, 0.5) is 0 Å². The van der Waals surface area contributed by atoms with Crippen LogP contribution in [-0.4, -0.2) is 96.7 Å². The molecule has 3 N–H and O–H groups in total. The number of carbonyl (C=O) groups excluding carboxylic acids is 4.